The van der Waals surface area contributed by atoms with Gasteiger partial charge in [0.15, 0.2) is 0 Å². The zero-order chi connectivity index (χ0) is 25.3. The van der Waals surface area contributed by atoms with E-state index < -0.39 is 29.5 Å². The van der Waals surface area contributed by atoms with Gasteiger partial charge in [0.2, 0.25) is 0 Å². The van der Waals surface area contributed by atoms with Crippen LogP contribution in [0.2, 0.25) is 10.0 Å². The number of methoxy groups -OCH3 is 2. The number of carbonyl (C=O) groups excluding carboxylic acids is 3. The normalized spacial score (nSPS) is 16.9. The van der Waals surface area contributed by atoms with E-state index in [9.17, 15) is 19.5 Å². The molecular formula is C26H19Cl2NO6. The number of halogens is 2. The highest BCUT2D eigenvalue weighted by Gasteiger charge is 2.47. The predicted molar refractivity (Wildman–Crippen MR) is 132 cm³/mol. The zero-order valence-electron chi connectivity index (χ0n) is 18.6. The molecule has 3 aromatic rings. The van der Waals surface area contributed by atoms with E-state index in [-0.39, 0.29) is 26.7 Å². The van der Waals surface area contributed by atoms with Crippen LogP contribution in [0.15, 0.2) is 72.3 Å². The minimum atomic E-state index is -0.983. The fourth-order valence-electron chi connectivity index (χ4n) is 3.90. The fraction of sp³-hybridized carbons (Fsp3) is 0.115. The van der Waals surface area contributed by atoms with Crippen LogP contribution in [0.1, 0.15) is 27.5 Å². The maximum Gasteiger partial charge on any atom is 0.337 e. The second-order valence-corrected chi connectivity index (χ2v) is 8.43. The van der Waals surface area contributed by atoms with E-state index in [2.05, 4.69) is 0 Å². The molecule has 0 radical (unpaired) electrons. The SMILES string of the molecule is COC(=O)c1ccc(N2C(=O)C(=O)/C(=C(\O)c3ccc(Cl)c(Cl)c3)C2c2cccc(OC)c2)cc1. The van der Waals surface area contributed by atoms with Crippen LogP contribution in [0.4, 0.5) is 5.69 Å². The van der Waals surface area contributed by atoms with Crippen LogP contribution in [-0.4, -0.2) is 37.0 Å². The van der Waals surface area contributed by atoms with Crippen LogP contribution < -0.4 is 9.64 Å². The lowest BCUT2D eigenvalue weighted by Crippen LogP contribution is -2.29. The molecular weight excluding hydrogens is 493 g/mol. The molecule has 1 unspecified atom stereocenters. The van der Waals surface area contributed by atoms with Crippen LogP contribution in [0.5, 0.6) is 5.75 Å². The van der Waals surface area contributed by atoms with Gasteiger partial charge in [-0.1, -0.05) is 35.3 Å². The Morgan fingerprint density at radius 1 is 0.914 bits per heavy atom. The lowest BCUT2D eigenvalue weighted by Gasteiger charge is -2.26. The second-order valence-electron chi connectivity index (χ2n) is 7.61. The molecule has 35 heavy (non-hydrogen) atoms. The molecule has 0 saturated carbocycles. The second kappa shape index (κ2) is 9.82. The molecule has 1 saturated heterocycles. The average molecular weight is 512 g/mol. The van der Waals surface area contributed by atoms with Gasteiger partial charge < -0.3 is 14.6 Å². The van der Waals surface area contributed by atoms with Crippen LogP contribution in [0, 0.1) is 0 Å². The van der Waals surface area contributed by atoms with Crippen LogP contribution in [-0.2, 0) is 14.3 Å². The number of ether oxygens (including phenoxy) is 2. The first-order valence-corrected chi connectivity index (χ1v) is 11.1. The molecule has 1 aliphatic heterocycles. The third kappa shape index (κ3) is 4.48. The van der Waals surface area contributed by atoms with Gasteiger partial charge in [-0.05, 0) is 60.2 Å². The number of rotatable bonds is 5. The van der Waals surface area contributed by atoms with Crippen molar-refractivity contribution < 1.29 is 29.0 Å². The summed E-state index contributed by atoms with van der Waals surface area (Å²) in [6, 6.07) is 16.3. The number of hydrogen-bond acceptors (Lipinski definition) is 6. The molecule has 1 aliphatic rings. The van der Waals surface area contributed by atoms with Crippen LogP contribution in [0.25, 0.3) is 5.76 Å². The third-order valence-corrected chi connectivity index (χ3v) is 6.35. The summed E-state index contributed by atoms with van der Waals surface area (Å²) < 4.78 is 10.0. The zero-order valence-corrected chi connectivity index (χ0v) is 20.1. The Morgan fingerprint density at radius 3 is 2.23 bits per heavy atom. The van der Waals surface area contributed by atoms with Gasteiger partial charge in [0.05, 0.1) is 41.4 Å². The summed E-state index contributed by atoms with van der Waals surface area (Å²) >= 11 is 12.1. The first-order valence-electron chi connectivity index (χ1n) is 10.4. The Hall–Kier alpha value is -3.81. The van der Waals surface area contributed by atoms with E-state index in [1.807, 2.05) is 0 Å². The van der Waals surface area contributed by atoms with Crippen molar-refractivity contribution in [1.82, 2.24) is 0 Å². The molecule has 1 amide bonds. The van der Waals surface area contributed by atoms with Crippen molar-refractivity contribution in [2.24, 2.45) is 0 Å². The highest BCUT2D eigenvalue weighted by Crippen LogP contribution is 2.43. The van der Waals surface area contributed by atoms with Crippen molar-refractivity contribution in [2.75, 3.05) is 19.1 Å². The first-order chi connectivity index (χ1) is 16.8. The Morgan fingerprint density at radius 2 is 1.60 bits per heavy atom. The summed E-state index contributed by atoms with van der Waals surface area (Å²) in [5, 5.41) is 11.6. The Balaban J connectivity index is 1.92. The molecule has 1 atom stereocenters. The van der Waals surface area contributed by atoms with Crippen molar-refractivity contribution in [3.05, 3.63) is 99.0 Å². The summed E-state index contributed by atoms with van der Waals surface area (Å²) in [4.78, 5) is 39.6. The number of esters is 1. The summed E-state index contributed by atoms with van der Waals surface area (Å²) in [6.07, 6.45) is 0. The summed E-state index contributed by atoms with van der Waals surface area (Å²) in [5.74, 6) is -2.15. The Labute approximate surface area is 211 Å². The molecule has 4 rings (SSSR count). The number of carbonyl (C=O) groups is 3. The van der Waals surface area contributed by atoms with Crippen molar-refractivity contribution in [3.63, 3.8) is 0 Å². The summed E-state index contributed by atoms with van der Waals surface area (Å²) in [6.45, 7) is 0. The van der Waals surface area contributed by atoms with E-state index in [4.69, 9.17) is 32.7 Å². The van der Waals surface area contributed by atoms with Gasteiger partial charge >= 0.3 is 5.97 Å². The van der Waals surface area contributed by atoms with Crippen LogP contribution in [0.3, 0.4) is 0 Å². The average Bonchev–Trinajstić information content (AvgIpc) is 3.15. The van der Waals surface area contributed by atoms with Crippen molar-refractivity contribution in [2.45, 2.75) is 6.04 Å². The Kier molecular flexibility index (Phi) is 6.82. The minimum Gasteiger partial charge on any atom is -0.507 e. The molecule has 9 heteroatoms. The molecule has 0 spiro atoms. The number of aliphatic hydroxyl groups excluding tert-OH is 1. The van der Waals surface area contributed by atoms with E-state index in [0.717, 1.165) is 0 Å². The standard InChI is InChI=1S/C26H19Cl2NO6/c1-34-18-5-3-4-15(12-18)22-21(23(30)16-8-11-19(27)20(28)13-16)24(31)25(32)29(22)17-9-6-14(7-10-17)26(33)35-2/h3-13,22,30H,1-2H3/b23-21-. The number of nitrogens with zero attached hydrogens (tertiary/aromatic N) is 1. The number of anilines is 1. The molecule has 1 heterocycles. The maximum absolute atomic E-state index is 13.2. The minimum absolute atomic E-state index is 0.126. The quantitative estimate of drug-likeness (QED) is 0.213. The number of ketones is 1. The van der Waals surface area contributed by atoms with Gasteiger partial charge in [0.25, 0.3) is 11.7 Å². The molecule has 3 aromatic carbocycles. The van der Waals surface area contributed by atoms with Crippen LogP contribution >= 0.6 is 23.2 Å². The summed E-state index contributed by atoms with van der Waals surface area (Å²) in [7, 11) is 2.76. The number of Topliss-reactive ketones (excluding diaryl/α,β-unsaturated/α-hetero) is 1. The third-order valence-electron chi connectivity index (χ3n) is 5.61. The lowest BCUT2D eigenvalue weighted by atomic mass is 9.95. The molecule has 0 aromatic heterocycles. The predicted octanol–water partition coefficient (Wildman–Crippen LogP) is 5.41. The van der Waals surface area contributed by atoms with Gasteiger partial charge in [-0.3, -0.25) is 14.5 Å². The molecule has 0 aliphatic carbocycles. The van der Waals surface area contributed by atoms with E-state index >= 15 is 0 Å². The first kappa shape index (κ1) is 24.3. The molecule has 7 nitrogen and oxygen atoms in total. The van der Waals surface area contributed by atoms with Crippen molar-refractivity contribution in [3.8, 4) is 5.75 Å². The van der Waals surface area contributed by atoms with Gasteiger partial charge in [0, 0.05) is 11.3 Å². The van der Waals surface area contributed by atoms with Gasteiger partial charge in [-0.15, -0.1) is 0 Å². The number of amides is 1. The monoisotopic (exact) mass is 511 g/mol. The number of benzene rings is 3. The van der Waals surface area contributed by atoms with Gasteiger partial charge in [0.1, 0.15) is 11.5 Å². The van der Waals surface area contributed by atoms with Gasteiger partial charge in [-0.2, -0.15) is 0 Å². The summed E-state index contributed by atoms with van der Waals surface area (Å²) in [5.41, 5.74) is 1.26. The molecule has 1 fully saturated rings. The smallest absolute Gasteiger partial charge is 0.337 e. The lowest BCUT2D eigenvalue weighted by molar-refractivity contribution is -0.132. The largest absolute Gasteiger partial charge is 0.507 e. The number of aliphatic hydroxyl groups is 1. The van der Waals surface area contributed by atoms with E-state index in [1.54, 1.807) is 24.3 Å². The molecule has 1 N–H and O–H groups in total. The maximum atomic E-state index is 13.2. The van der Waals surface area contributed by atoms with Crippen molar-refractivity contribution >= 4 is 52.3 Å². The highest BCUT2D eigenvalue weighted by molar-refractivity contribution is 6.51. The molecule has 178 valence electrons. The number of hydrogen-bond donors (Lipinski definition) is 1. The fourth-order valence-corrected chi connectivity index (χ4v) is 4.20. The topological polar surface area (TPSA) is 93.1 Å². The highest BCUT2D eigenvalue weighted by atomic mass is 35.5. The molecule has 0 bridgehead atoms. The van der Waals surface area contributed by atoms with Crippen molar-refractivity contribution in [1.29, 1.82) is 0 Å². The Bertz CT molecular complexity index is 1370. The van der Waals surface area contributed by atoms with E-state index in [0.29, 0.717) is 17.0 Å². The van der Waals surface area contributed by atoms with E-state index in [1.165, 1.54) is 61.6 Å². The van der Waals surface area contributed by atoms with Gasteiger partial charge in [-0.25, -0.2) is 4.79 Å².